The minimum Gasteiger partial charge on any atom is -0.463 e. The molecule has 32 heavy (non-hydrogen) atoms. The topological polar surface area (TPSA) is 153 Å². The number of imidazole rings is 1. The van der Waals surface area contributed by atoms with Crippen molar-refractivity contribution in [2.75, 3.05) is 18.7 Å². The van der Waals surface area contributed by atoms with Crippen molar-refractivity contribution in [3.05, 3.63) is 10.2 Å². The molecule has 0 amide bonds. The van der Waals surface area contributed by atoms with Crippen molar-refractivity contribution in [3.63, 3.8) is 0 Å². The third-order valence-electron chi connectivity index (χ3n) is 4.32. The van der Waals surface area contributed by atoms with Crippen LogP contribution in [0.1, 0.15) is 33.9 Å². The number of carbonyl (C=O) groups is 3. The van der Waals surface area contributed by atoms with E-state index in [2.05, 4.69) is 20.4 Å². The lowest BCUT2D eigenvalue weighted by molar-refractivity contribution is -0.166. The Morgan fingerprint density at radius 3 is 2.44 bits per heavy atom. The average Bonchev–Trinajstić information content (AvgIpc) is 3.25. The molecule has 0 aliphatic carbocycles. The van der Waals surface area contributed by atoms with Gasteiger partial charge < -0.3 is 18.9 Å². The van der Waals surface area contributed by atoms with Gasteiger partial charge in [-0.05, 0) is 6.92 Å². The quantitative estimate of drug-likeness (QED) is 0.161. The molecule has 14 heteroatoms. The van der Waals surface area contributed by atoms with Gasteiger partial charge in [0.25, 0.3) is 0 Å². The highest BCUT2D eigenvalue weighted by Crippen LogP contribution is 2.36. The highest BCUT2D eigenvalue weighted by molar-refractivity contribution is 14.1. The minimum atomic E-state index is -1.05. The third-order valence-corrected chi connectivity index (χ3v) is 4.80. The van der Waals surface area contributed by atoms with Gasteiger partial charge in [-0.15, -0.1) is 0 Å². The van der Waals surface area contributed by atoms with Crippen molar-refractivity contribution in [2.45, 2.75) is 52.2 Å². The molecule has 13 nitrogen and oxygen atoms in total. The van der Waals surface area contributed by atoms with Crippen molar-refractivity contribution in [2.24, 2.45) is 0 Å². The number of nitrogens with zero attached hydrogens (tertiary/aromatic N) is 4. The molecule has 1 N–H and O–H groups in total. The Balaban J connectivity index is 2.04. The second-order valence-corrected chi connectivity index (χ2v) is 7.68. The predicted molar refractivity (Wildman–Crippen MR) is 115 cm³/mol. The summed E-state index contributed by atoms with van der Waals surface area (Å²) in [5.41, 5.74) is 3.47. The number of nitrogens with one attached hydrogen (secondary N) is 1. The van der Waals surface area contributed by atoms with Crippen LogP contribution in [-0.4, -0.2) is 69.0 Å². The first-order chi connectivity index (χ1) is 15.2. The highest BCUT2D eigenvalue weighted by atomic mass is 127. The lowest BCUT2D eigenvalue weighted by Crippen LogP contribution is -2.40. The number of esters is 3. The SMILES string of the molecule is CCONc1nc(I)nc2c1ncn2[C@@H]1O[C@H](COC(C)=O)[C@H](OC(C)=O)[C@H]1OC(C)=O. The molecule has 1 saturated heterocycles. The molecule has 0 unspecified atom stereocenters. The Morgan fingerprint density at radius 2 is 1.81 bits per heavy atom. The van der Waals surface area contributed by atoms with Gasteiger partial charge in [0.15, 0.2) is 39.2 Å². The molecular weight excluding hydrogens is 541 g/mol. The van der Waals surface area contributed by atoms with Gasteiger partial charge in [-0.3, -0.25) is 23.8 Å². The summed E-state index contributed by atoms with van der Waals surface area (Å²) < 4.78 is 23.8. The van der Waals surface area contributed by atoms with Crippen molar-refractivity contribution >= 4 is 57.5 Å². The van der Waals surface area contributed by atoms with Gasteiger partial charge in [-0.2, -0.15) is 0 Å². The van der Waals surface area contributed by atoms with E-state index >= 15 is 0 Å². The number of halogens is 1. The van der Waals surface area contributed by atoms with Crippen LogP contribution in [-0.2, 0) is 38.2 Å². The van der Waals surface area contributed by atoms with E-state index in [4.69, 9.17) is 23.8 Å². The molecule has 2 aromatic heterocycles. The standard InChI is InChI=1S/C18H22IN5O8/c1-5-29-23-15-12-16(22-18(19)21-15)24(7-20-12)17-14(31-10(4)27)13(30-9(3)26)11(32-17)6-28-8(2)25/h7,11,13-14,17H,5-6H2,1-4H3,(H,21,22,23)/t11-,13+,14-,17-/m1/s1. The zero-order valence-corrected chi connectivity index (χ0v) is 19.9. The maximum absolute atomic E-state index is 11.8. The average molecular weight is 563 g/mol. The van der Waals surface area contributed by atoms with Gasteiger partial charge in [0.05, 0.1) is 12.9 Å². The van der Waals surface area contributed by atoms with Crippen LogP contribution in [0.25, 0.3) is 11.2 Å². The number of fused-ring (bicyclic) bond motifs is 1. The highest BCUT2D eigenvalue weighted by Gasteiger charge is 2.51. The molecule has 0 aromatic carbocycles. The minimum absolute atomic E-state index is 0.210. The van der Waals surface area contributed by atoms with Crippen molar-refractivity contribution in [3.8, 4) is 0 Å². The second-order valence-electron chi connectivity index (χ2n) is 6.72. The van der Waals surface area contributed by atoms with Crippen molar-refractivity contribution in [1.29, 1.82) is 0 Å². The van der Waals surface area contributed by atoms with Gasteiger partial charge in [-0.25, -0.2) is 20.4 Å². The molecule has 0 spiro atoms. The maximum atomic E-state index is 11.8. The molecular formula is C18H22IN5O8. The number of hydrogen-bond donors (Lipinski definition) is 1. The Morgan fingerprint density at radius 1 is 1.12 bits per heavy atom. The number of ether oxygens (including phenoxy) is 4. The molecule has 2 aromatic rings. The fourth-order valence-corrected chi connectivity index (χ4v) is 3.67. The lowest BCUT2D eigenvalue weighted by atomic mass is 10.1. The molecule has 174 valence electrons. The molecule has 3 heterocycles. The van der Waals surface area contributed by atoms with E-state index in [0.717, 1.165) is 0 Å². The summed E-state index contributed by atoms with van der Waals surface area (Å²) >= 11 is 1.94. The first kappa shape index (κ1) is 24.1. The Labute approximate surface area is 196 Å². The number of aromatic nitrogens is 4. The summed E-state index contributed by atoms with van der Waals surface area (Å²) in [5.74, 6) is -1.42. The maximum Gasteiger partial charge on any atom is 0.303 e. The summed E-state index contributed by atoms with van der Waals surface area (Å²) in [6.07, 6.45) is -2.51. The number of carbonyl (C=O) groups excluding carboxylic acids is 3. The number of rotatable bonds is 8. The molecule has 0 saturated carbocycles. The number of anilines is 1. The van der Waals surface area contributed by atoms with E-state index in [9.17, 15) is 14.4 Å². The zero-order chi connectivity index (χ0) is 23.4. The fraction of sp³-hybridized carbons (Fsp3) is 0.556. The summed E-state index contributed by atoms with van der Waals surface area (Å²) in [5, 5.41) is 0. The van der Waals surface area contributed by atoms with Gasteiger partial charge in [-0.1, -0.05) is 0 Å². The number of hydrogen-bond acceptors (Lipinski definition) is 12. The van der Waals surface area contributed by atoms with Crippen LogP contribution in [0.2, 0.25) is 0 Å². The van der Waals surface area contributed by atoms with E-state index in [1.165, 1.54) is 31.7 Å². The van der Waals surface area contributed by atoms with Crippen LogP contribution in [0.5, 0.6) is 0 Å². The Hall–Kier alpha value is -2.59. The van der Waals surface area contributed by atoms with Crippen LogP contribution in [0.15, 0.2) is 6.33 Å². The van der Waals surface area contributed by atoms with Crippen molar-refractivity contribution < 1.29 is 38.2 Å². The molecule has 3 rings (SSSR count). The van der Waals surface area contributed by atoms with Crippen LogP contribution < -0.4 is 5.48 Å². The summed E-state index contributed by atoms with van der Waals surface area (Å²) in [7, 11) is 0. The van der Waals surface area contributed by atoms with Gasteiger partial charge in [0.2, 0.25) is 0 Å². The largest absolute Gasteiger partial charge is 0.463 e. The van der Waals surface area contributed by atoms with Gasteiger partial charge >= 0.3 is 17.9 Å². The summed E-state index contributed by atoms with van der Waals surface area (Å²) in [6, 6.07) is 0. The van der Waals surface area contributed by atoms with E-state index in [-0.39, 0.29) is 6.61 Å². The smallest absolute Gasteiger partial charge is 0.303 e. The van der Waals surface area contributed by atoms with Crippen LogP contribution in [0, 0.1) is 3.83 Å². The van der Waals surface area contributed by atoms with Gasteiger partial charge in [0, 0.05) is 43.4 Å². The monoisotopic (exact) mass is 563 g/mol. The third kappa shape index (κ3) is 5.42. The van der Waals surface area contributed by atoms with E-state index < -0.39 is 42.4 Å². The summed E-state index contributed by atoms with van der Waals surface area (Å²) in [6.45, 7) is 5.68. The molecule has 1 fully saturated rings. The Bertz CT molecular complexity index is 1010. The van der Waals surface area contributed by atoms with Crippen LogP contribution in [0.4, 0.5) is 5.82 Å². The first-order valence-corrected chi connectivity index (χ1v) is 10.7. The molecule has 4 atom stereocenters. The fourth-order valence-electron chi connectivity index (χ4n) is 3.20. The zero-order valence-electron chi connectivity index (χ0n) is 17.7. The Kier molecular flexibility index (Phi) is 7.78. The molecule has 1 aliphatic rings. The van der Waals surface area contributed by atoms with E-state index in [1.54, 1.807) is 0 Å². The van der Waals surface area contributed by atoms with Crippen LogP contribution >= 0.6 is 22.6 Å². The first-order valence-electron chi connectivity index (χ1n) is 9.62. The van der Waals surface area contributed by atoms with E-state index in [0.29, 0.717) is 27.4 Å². The van der Waals surface area contributed by atoms with Crippen LogP contribution in [0.3, 0.4) is 0 Å². The second kappa shape index (κ2) is 10.4. The predicted octanol–water partition coefficient (Wildman–Crippen LogP) is 1.12. The normalized spacial score (nSPS) is 22.5. The van der Waals surface area contributed by atoms with E-state index in [1.807, 2.05) is 29.5 Å². The molecule has 0 radical (unpaired) electrons. The van der Waals surface area contributed by atoms with Gasteiger partial charge in [0.1, 0.15) is 12.7 Å². The van der Waals surface area contributed by atoms with Crippen molar-refractivity contribution in [1.82, 2.24) is 19.5 Å². The lowest BCUT2D eigenvalue weighted by Gasteiger charge is -2.23. The molecule has 1 aliphatic heterocycles. The summed E-state index contributed by atoms with van der Waals surface area (Å²) in [4.78, 5) is 53.1. The molecule has 0 bridgehead atoms.